The molecule has 2 rings (SSSR count). The lowest BCUT2D eigenvalue weighted by atomic mass is 9.83. The molecule has 2 aliphatic rings. The first-order valence-corrected chi connectivity index (χ1v) is 8.80. The normalized spacial score (nSPS) is 24.8. The highest BCUT2D eigenvalue weighted by Crippen LogP contribution is 2.28. The van der Waals surface area contributed by atoms with Gasteiger partial charge in [-0.25, -0.2) is 0 Å². The molecule has 2 fully saturated rings. The Labute approximate surface area is 128 Å². The van der Waals surface area contributed by atoms with Crippen LogP contribution >= 0.6 is 0 Å². The van der Waals surface area contributed by atoms with E-state index in [2.05, 4.69) is 12.2 Å². The first kappa shape index (κ1) is 16.3. The standard InChI is InChI=1S/C17H30N2O2/c1-2-3-4-8-12-19-13-11-15(20)18-16(17(19)21)14-9-6-5-7-10-14/h14,16H,2-13H2,1H3,(H,18,20). The molecule has 1 aliphatic carbocycles. The van der Waals surface area contributed by atoms with Gasteiger partial charge in [0, 0.05) is 19.5 Å². The van der Waals surface area contributed by atoms with Gasteiger partial charge in [0.05, 0.1) is 0 Å². The van der Waals surface area contributed by atoms with Gasteiger partial charge in [-0.15, -0.1) is 0 Å². The molecule has 4 nitrogen and oxygen atoms in total. The van der Waals surface area contributed by atoms with E-state index in [-0.39, 0.29) is 17.9 Å². The number of hydrogen-bond acceptors (Lipinski definition) is 2. The van der Waals surface area contributed by atoms with Crippen molar-refractivity contribution in [2.45, 2.75) is 77.2 Å². The molecule has 0 spiro atoms. The van der Waals surface area contributed by atoms with Crippen LogP contribution in [0, 0.1) is 5.92 Å². The Morgan fingerprint density at radius 1 is 1.10 bits per heavy atom. The lowest BCUT2D eigenvalue weighted by molar-refractivity contribution is -0.135. The monoisotopic (exact) mass is 294 g/mol. The quantitative estimate of drug-likeness (QED) is 0.766. The van der Waals surface area contributed by atoms with Crippen LogP contribution in [0.2, 0.25) is 0 Å². The smallest absolute Gasteiger partial charge is 0.245 e. The van der Waals surface area contributed by atoms with E-state index in [1.54, 1.807) is 0 Å². The molecule has 0 bridgehead atoms. The molecule has 1 unspecified atom stereocenters. The molecule has 4 heteroatoms. The number of nitrogens with one attached hydrogen (secondary N) is 1. The van der Waals surface area contributed by atoms with Gasteiger partial charge in [0.15, 0.2) is 0 Å². The number of unbranched alkanes of at least 4 members (excludes halogenated alkanes) is 3. The summed E-state index contributed by atoms with van der Waals surface area (Å²) < 4.78 is 0. The molecule has 0 aromatic heterocycles. The van der Waals surface area contributed by atoms with Crippen LogP contribution in [-0.4, -0.2) is 35.8 Å². The maximum atomic E-state index is 12.8. The zero-order valence-electron chi connectivity index (χ0n) is 13.4. The molecule has 120 valence electrons. The highest BCUT2D eigenvalue weighted by atomic mass is 16.2. The second-order valence-electron chi connectivity index (χ2n) is 6.58. The summed E-state index contributed by atoms with van der Waals surface area (Å²) in [5.41, 5.74) is 0. The summed E-state index contributed by atoms with van der Waals surface area (Å²) in [7, 11) is 0. The van der Waals surface area contributed by atoms with Crippen molar-refractivity contribution in [2.75, 3.05) is 13.1 Å². The van der Waals surface area contributed by atoms with E-state index in [4.69, 9.17) is 0 Å². The number of amides is 2. The minimum absolute atomic E-state index is 0.0509. The molecule has 0 radical (unpaired) electrons. The predicted molar refractivity (Wildman–Crippen MR) is 83.8 cm³/mol. The van der Waals surface area contributed by atoms with Gasteiger partial charge in [-0.3, -0.25) is 9.59 Å². The third-order valence-corrected chi connectivity index (χ3v) is 4.91. The van der Waals surface area contributed by atoms with Gasteiger partial charge in [0.25, 0.3) is 0 Å². The van der Waals surface area contributed by atoms with Gasteiger partial charge in [0.1, 0.15) is 6.04 Å². The summed E-state index contributed by atoms with van der Waals surface area (Å²) in [5, 5.41) is 3.00. The minimum Gasteiger partial charge on any atom is -0.344 e. The molecule has 0 aromatic rings. The third kappa shape index (κ3) is 4.72. The van der Waals surface area contributed by atoms with Gasteiger partial charge in [0.2, 0.25) is 11.8 Å². The van der Waals surface area contributed by atoms with Crippen LogP contribution < -0.4 is 5.32 Å². The highest BCUT2D eigenvalue weighted by Gasteiger charge is 2.35. The van der Waals surface area contributed by atoms with Gasteiger partial charge in [-0.2, -0.15) is 0 Å². The average Bonchev–Trinajstić information content (AvgIpc) is 2.65. The molecule has 2 amide bonds. The van der Waals surface area contributed by atoms with Gasteiger partial charge >= 0.3 is 0 Å². The maximum Gasteiger partial charge on any atom is 0.245 e. The van der Waals surface area contributed by atoms with Crippen LogP contribution in [0.1, 0.15) is 71.1 Å². The van der Waals surface area contributed by atoms with Crippen molar-refractivity contribution < 1.29 is 9.59 Å². The molecular formula is C17H30N2O2. The molecule has 21 heavy (non-hydrogen) atoms. The SMILES string of the molecule is CCCCCCN1CCC(=O)NC(C2CCCCC2)C1=O. The molecule has 1 N–H and O–H groups in total. The molecule has 1 heterocycles. The lowest BCUT2D eigenvalue weighted by Gasteiger charge is -2.31. The number of rotatable bonds is 6. The summed E-state index contributed by atoms with van der Waals surface area (Å²) in [4.78, 5) is 26.6. The summed E-state index contributed by atoms with van der Waals surface area (Å²) >= 11 is 0. The van der Waals surface area contributed by atoms with E-state index in [1.165, 1.54) is 38.5 Å². The topological polar surface area (TPSA) is 49.4 Å². The number of nitrogens with zero attached hydrogens (tertiary/aromatic N) is 1. The Kier molecular flexibility index (Phi) is 6.52. The van der Waals surface area contributed by atoms with E-state index < -0.39 is 0 Å². The summed E-state index contributed by atoms with van der Waals surface area (Å²) in [6.45, 7) is 3.61. The van der Waals surface area contributed by atoms with Crippen molar-refractivity contribution in [1.82, 2.24) is 10.2 Å². The van der Waals surface area contributed by atoms with Crippen LogP contribution in [-0.2, 0) is 9.59 Å². The Morgan fingerprint density at radius 3 is 2.57 bits per heavy atom. The molecule has 1 saturated carbocycles. The highest BCUT2D eigenvalue weighted by molar-refractivity contribution is 5.90. The molecule has 0 aromatic carbocycles. The Bertz CT molecular complexity index is 351. The molecule has 1 atom stereocenters. The summed E-state index contributed by atoms with van der Waals surface area (Å²) in [5.74, 6) is 0.575. The predicted octanol–water partition coefficient (Wildman–Crippen LogP) is 2.86. The van der Waals surface area contributed by atoms with Crippen LogP contribution in [0.4, 0.5) is 0 Å². The Morgan fingerprint density at radius 2 is 1.86 bits per heavy atom. The average molecular weight is 294 g/mol. The van der Waals surface area contributed by atoms with E-state index >= 15 is 0 Å². The lowest BCUT2D eigenvalue weighted by Crippen LogP contribution is -2.49. The Balaban J connectivity index is 1.94. The van der Waals surface area contributed by atoms with Crippen molar-refractivity contribution in [3.05, 3.63) is 0 Å². The fourth-order valence-electron chi connectivity index (χ4n) is 3.59. The fraction of sp³-hybridized carbons (Fsp3) is 0.882. The number of carbonyl (C=O) groups is 2. The minimum atomic E-state index is -0.258. The van der Waals surface area contributed by atoms with Crippen molar-refractivity contribution >= 4 is 11.8 Å². The van der Waals surface area contributed by atoms with Crippen molar-refractivity contribution in [2.24, 2.45) is 5.92 Å². The molecule has 1 aliphatic heterocycles. The molecule has 1 saturated heterocycles. The number of carbonyl (C=O) groups excluding carboxylic acids is 2. The van der Waals surface area contributed by atoms with Gasteiger partial charge < -0.3 is 10.2 Å². The maximum absolute atomic E-state index is 12.8. The zero-order valence-corrected chi connectivity index (χ0v) is 13.4. The summed E-state index contributed by atoms with van der Waals surface area (Å²) in [6, 6.07) is -0.258. The van der Waals surface area contributed by atoms with Crippen molar-refractivity contribution in [1.29, 1.82) is 0 Å². The largest absolute Gasteiger partial charge is 0.344 e. The second kappa shape index (κ2) is 8.40. The van der Waals surface area contributed by atoms with E-state index in [1.807, 2.05) is 4.90 Å². The zero-order chi connectivity index (χ0) is 15.1. The third-order valence-electron chi connectivity index (χ3n) is 4.91. The van der Waals surface area contributed by atoms with Crippen LogP contribution in [0.25, 0.3) is 0 Å². The summed E-state index contributed by atoms with van der Waals surface area (Å²) in [6.07, 6.45) is 11.0. The first-order valence-electron chi connectivity index (χ1n) is 8.80. The van der Waals surface area contributed by atoms with E-state index in [9.17, 15) is 9.59 Å². The Hall–Kier alpha value is -1.06. The number of hydrogen-bond donors (Lipinski definition) is 1. The van der Waals surface area contributed by atoms with E-state index in [0.29, 0.717) is 18.9 Å². The van der Waals surface area contributed by atoms with Crippen LogP contribution in [0.3, 0.4) is 0 Å². The van der Waals surface area contributed by atoms with Crippen LogP contribution in [0.5, 0.6) is 0 Å². The van der Waals surface area contributed by atoms with Crippen LogP contribution in [0.15, 0.2) is 0 Å². The van der Waals surface area contributed by atoms with Crippen molar-refractivity contribution in [3.63, 3.8) is 0 Å². The fourth-order valence-corrected chi connectivity index (χ4v) is 3.59. The van der Waals surface area contributed by atoms with Gasteiger partial charge in [-0.1, -0.05) is 45.4 Å². The van der Waals surface area contributed by atoms with Crippen molar-refractivity contribution in [3.8, 4) is 0 Å². The first-order chi connectivity index (χ1) is 10.2. The second-order valence-corrected chi connectivity index (χ2v) is 6.58. The van der Waals surface area contributed by atoms with E-state index in [0.717, 1.165) is 25.8 Å². The van der Waals surface area contributed by atoms with Gasteiger partial charge in [-0.05, 0) is 25.2 Å². The molecular weight excluding hydrogens is 264 g/mol.